The van der Waals surface area contributed by atoms with Crippen LogP contribution in [-0.4, -0.2) is 40.9 Å². The summed E-state index contributed by atoms with van der Waals surface area (Å²) in [6.07, 6.45) is 10.1. The van der Waals surface area contributed by atoms with Crippen molar-refractivity contribution in [1.82, 2.24) is 0 Å². The minimum Gasteiger partial charge on any atom is -0.377 e. The Morgan fingerprint density at radius 2 is 1.54 bits per heavy atom. The van der Waals surface area contributed by atoms with Gasteiger partial charge < -0.3 is 19.3 Å². The summed E-state index contributed by atoms with van der Waals surface area (Å²) in [7, 11) is 0. The summed E-state index contributed by atoms with van der Waals surface area (Å²) >= 11 is 0. The smallest absolute Gasteiger partial charge is 0.171 e. The average molecular weight is 617 g/mol. The molecule has 2 heterocycles. The minimum absolute atomic E-state index is 0. The van der Waals surface area contributed by atoms with Crippen molar-refractivity contribution in [1.29, 1.82) is 0 Å². The fourth-order valence-corrected chi connectivity index (χ4v) is 8.25. The van der Waals surface area contributed by atoms with Gasteiger partial charge in [0.25, 0.3) is 0 Å². The Hall–Kier alpha value is -0.240. The molecule has 0 radical (unpaired) electrons. The van der Waals surface area contributed by atoms with Gasteiger partial charge in [-0.05, 0) is 68.1 Å². The van der Waals surface area contributed by atoms with E-state index in [1.165, 1.54) is 5.57 Å². The fraction of sp³-hybridized carbons (Fsp3) is 0.677. The van der Waals surface area contributed by atoms with Crippen LogP contribution in [0.5, 0.6) is 0 Å². The normalized spacial score (nSPS) is 38.9. The number of rotatable bonds is 0. The van der Waals surface area contributed by atoms with Crippen molar-refractivity contribution in [2.45, 2.75) is 103 Å². The second-order valence-corrected chi connectivity index (χ2v) is 11.3. The molecule has 5 fully saturated rings. The molecule has 3 saturated carbocycles. The maximum Gasteiger partial charge on any atom is 0.171 e. The second kappa shape index (κ2) is 13.0. The van der Waals surface area contributed by atoms with E-state index in [1.807, 2.05) is 30.3 Å². The molecule has 1 aromatic rings. The van der Waals surface area contributed by atoms with E-state index >= 15 is 0 Å². The van der Waals surface area contributed by atoms with E-state index < -0.39 is 11.4 Å². The van der Waals surface area contributed by atoms with Gasteiger partial charge >= 0.3 is 0 Å². The Labute approximate surface area is 265 Å². The number of allylic oxidation sites excluding steroid dienone is 1. The number of hydrogen-bond acceptors (Lipinski definition) is 4. The van der Waals surface area contributed by atoms with E-state index in [2.05, 4.69) is 24.8 Å². The van der Waals surface area contributed by atoms with Crippen LogP contribution in [0.15, 0.2) is 42.0 Å². The van der Waals surface area contributed by atoms with Gasteiger partial charge in [0, 0.05) is 23.8 Å². The summed E-state index contributed by atoms with van der Waals surface area (Å²) in [6.45, 7) is 3.69. The van der Waals surface area contributed by atoms with E-state index in [1.54, 1.807) is 0 Å². The molecular weight excluding hydrogens is 565 g/mol. The Morgan fingerprint density at radius 3 is 2.21 bits per heavy atom. The molecule has 8 heteroatoms. The molecule has 0 aromatic heterocycles. The first-order valence-electron chi connectivity index (χ1n) is 12.4. The van der Waals surface area contributed by atoms with Crippen molar-refractivity contribution < 1.29 is 19.3 Å². The summed E-state index contributed by atoms with van der Waals surface area (Å²) in [6, 6.07) is 10.0. The van der Waals surface area contributed by atoms with Gasteiger partial charge in [0.2, 0.25) is 0 Å². The van der Waals surface area contributed by atoms with Crippen molar-refractivity contribution >= 4 is 54.0 Å². The largest absolute Gasteiger partial charge is 0.377 e. The summed E-state index contributed by atoms with van der Waals surface area (Å²) in [5.74, 6) is 7.15. The van der Waals surface area contributed by atoms with Crippen LogP contribution < -0.4 is 0 Å². The quantitative estimate of drug-likeness (QED) is 0.200. The van der Waals surface area contributed by atoms with Gasteiger partial charge in [-0.1, -0.05) is 65.3 Å². The van der Waals surface area contributed by atoms with E-state index in [0.717, 1.165) is 56.9 Å². The molecule has 0 bridgehead atoms. The molecule has 7 rings (SSSR count). The van der Waals surface area contributed by atoms with Gasteiger partial charge in [-0.2, -0.15) is 54.0 Å². The zero-order valence-electron chi connectivity index (χ0n) is 20.9. The molecule has 2 aliphatic heterocycles. The van der Waals surface area contributed by atoms with Crippen LogP contribution in [0.3, 0.4) is 0 Å². The third-order valence-electron chi connectivity index (χ3n) is 10.0. The molecule has 6 aliphatic rings. The van der Waals surface area contributed by atoms with Gasteiger partial charge in [-0.3, -0.25) is 0 Å². The molecule has 6 atom stereocenters. The minimum atomic E-state index is -0.936. The zero-order valence-corrected chi connectivity index (χ0v) is 24.9. The molecule has 4 nitrogen and oxygen atoms in total. The maximum atomic E-state index is 11.8. The van der Waals surface area contributed by atoms with Crippen molar-refractivity contribution in [2.24, 2.45) is 17.3 Å². The Morgan fingerprint density at radius 1 is 0.872 bits per heavy atom. The summed E-state index contributed by atoms with van der Waals surface area (Å²) in [5, 5.41) is 11.8. The van der Waals surface area contributed by atoms with Crippen LogP contribution in [0, 0.1) is 29.1 Å². The van der Waals surface area contributed by atoms with E-state index in [9.17, 15) is 5.11 Å². The van der Waals surface area contributed by atoms with Gasteiger partial charge in [-0.25, -0.2) is 0 Å². The van der Waals surface area contributed by atoms with Gasteiger partial charge in [0.15, 0.2) is 5.79 Å². The molecular formula is C31H52O4S4. The molecule has 39 heavy (non-hydrogen) atoms. The van der Waals surface area contributed by atoms with Crippen LogP contribution in [0.2, 0.25) is 0 Å². The van der Waals surface area contributed by atoms with Gasteiger partial charge in [0.05, 0.1) is 13.2 Å². The molecule has 0 amide bonds. The third-order valence-corrected chi connectivity index (χ3v) is 10.0. The molecule has 224 valence electrons. The highest BCUT2D eigenvalue weighted by molar-refractivity contribution is 7.59. The van der Waals surface area contributed by atoms with E-state index in [-0.39, 0.29) is 92.9 Å². The van der Waals surface area contributed by atoms with Crippen LogP contribution in [-0.2, 0) is 14.2 Å². The van der Waals surface area contributed by atoms with E-state index in [4.69, 9.17) is 14.2 Å². The highest BCUT2D eigenvalue weighted by Gasteiger charge is 2.79. The lowest BCUT2D eigenvalue weighted by Crippen LogP contribution is -2.53. The van der Waals surface area contributed by atoms with Crippen molar-refractivity contribution in [2.75, 3.05) is 13.2 Å². The SMILES string of the molecule is C.C.C.C[C@]12CC=C3[C@@H](CC[C@@]45CC6(CC[C@@]34O5)OCCO6)[C@@H]1CC[C@@]2(O)C#Cc1ccccc1.S.S.S.S. The summed E-state index contributed by atoms with van der Waals surface area (Å²) < 4.78 is 18.8. The lowest BCUT2D eigenvalue weighted by Gasteiger charge is -2.51. The predicted octanol–water partition coefficient (Wildman–Crippen LogP) is 6.72. The number of aliphatic hydroxyl groups is 1. The first-order valence-corrected chi connectivity index (χ1v) is 12.4. The molecule has 2 saturated heterocycles. The lowest BCUT2D eigenvalue weighted by atomic mass is 9.53. The van der Waals surface area contributed by atoms with Crippen molar-refractivity contribution in [3.63, 3.8) is 0 Å². The summed E-state index contributed by atoms with van der Waals surface area (Å²) in [4.78, 5) is 0. The Kier molecular flexibility index (Phi) is 12.9. The van der Waals surface area contributed by atoms with Crippen LogP contribution >= 0.6 is 54.0 Å². The first-order chi connectivity index (χ1) is 15.4. The monoisotopic (exact) mass is 616 g/mol. The Bertz CT molecular complexity index is 1070. The Balaban J connectivity index is 0.00000206. The molecule has 4 aliphatic carbocycles. The van der Waals surface area contributed by atoms with Crippen LogP contribution in [0.25, 0.3) is 0 Å². The zero-order chi connectivity index (χ0) is 21.7. The fourth-order valence-electron chi connectivity index (χ4n) is 8.25. The highest BCUT2D eigenvalue weighted by atomic mass is 32.1. The van der Waals surface area contributed by atoms with Gasteiger partial charge in [-0.15, -0.1) is 0 Å². The summed E-state index contributed by atoms with van der Waals surface area (Å²) in [5.41, 5.74) is 1.16. The number of epoxide rings is 1. The van der Waals surface area contributed by atoms with Crippen molar-refractivity contribution in [3.05, 3.63) is 47.5 Å². The maximum absolute atomic E-state index is 11.8. The molecule has 1 spiro atoms. The molecule has 1 aromatic carbocycles. The average Bonchev–Trinajstić information content (AvgIpc) is 3.15. The van der Waals surface area contributed by atoms with Crippen molar-refractivity contribution in [3.8, 4) is 11.8 Å². The lowest BCUT2D eigenvalue weighted by molar-refractivity contribution is -0.185. The third kappa shape index (κ3) is 5.27. The standard InChI is InChI=1S/C28H32O4.3CH4.4H2S/c1-24-11-9-23-21(22(24)10-13-25(24,29)12-7-20-5-3-2-4-6-20)8-14-26-19-27(30-17-18-31-27)15-16-28(23,26)32-26;;;;;;;/h2-6,9,21-22,29H,8,10-11,13-19H2,1H3;3*1H4;4*1H2/t21-,22-,24-,25-,26+,28+;;;;;;;/m0......./s1. The molecule has 0 unspecified atom stereocenters. The van der Waals surface area contributed by atoms with Crippen LogP contribution in [0.1, 0.15) is 86.1 Å². The first kappa shape index (κ1) is 38.8. The topological polar surface area (TPSA) is 51.2 Å². The predicted molar refractivity (Wildman–Crippen MR) is 181 cm³/mol. The number of ether oxygens (including phenoxy) is 3. The number of hydrogen-bond donors (Lipinski definition) is 1. The van der Waals surface area contributed by atoms with E-state index in [0.29, 0.717) is 25.0 Å². The second-order valence-electron chi connectivity index (χ2n) is 11.3. The number of fused-ring (bicyclic) bond motifs is 3. The number of benzene rings is 1. The highest BCUT2D eigenvalue weighted by Crippen LogP contribution is 2.74. The van der Waals surface area contributed by atoms with Crippen LogP contribution in [0.4, 0.5) is 0 Å². The molecule has 1 N–H and O–H groups in total. The van der Waals surface area contributed by atoms with Gasteiger partial charge in [0.1, 0.15) is 16.8 Å².